The molecule has 2 amide bonds. The first-order valence-corrected chi connectivity index (χ1v) is 9.13. The number of amides is 2. The third-order valence-corrected chi connectivity index (χ3v) is 4.53. The van der Waals surface area contributed by atoms with Crippen molar-refractivity contribution >= 4 is 29.2 Å². The zero-order chi connectivity index (χ0) is 20.9. The summed E-state index contributed by atoms with van der Waals surface area (Å²) in [5.41, 5.74) is 1.70. The average molecular weight is 382 g/mol. The molecule has 6 heteroatoms. The van der Waals surface area contributed by atoms with Crippen LogP contribution >= 0.6 is 0 Å². The zero-order valence-corrected chi connectivity index (χ0v) is 16.9. The number of carbonyl (C=O) groups is 3. The quantitative estimate of drug-likeness (QED) is 0.582. The molecule has 0 bridgehead atoms. The maximum atomic E-state index is 12.8. The number of nitrogens with one attached hydrogen (secondary N) is 2. The van der Waals surface area contributed by atoms with E-state index in [1.54, 1.807) is 31.2 Å². The Morgan fingerprint density at radius 3 is 2.07 bits per heavy atom. The molecule has 0 fully saturated rings. The zero-order valence-electron chi connectivity index (χ0n) is 16.9. The van der Waals surface area contributed by atoms with Crippen molar-refractivity contribution in [3.8, 4) is 0 Å². The molecule has 0 aromatic heterocycles. The van der Waals surface area contributed by atoms with Gasteiger partial charge >= 0.3 is 5.97 Å². The number of esters is 1. The summed E-state index contributed by atoms with van der Waals surface area (Å²) in [6, 6.07) is 12.2. The van der Waals surface area contributed by atoms with Gasteiger partial charge in [-0.05, 0) is 57.9 Å². The third-order valence-electron chi connectivity index (χ3n) is 4.53. The predicted octanol–water partition coefficient (Wildman–Crippen LogP) is 4.08. The van der Waals surface area contributed by atoms with Crippen molar-refractivity contribution in [2.24, 2.45) is 5.41 Å². The molecule has 148 valence electrons. The van der Waals surface area contributed by atoms with Gasteiger partial charge in [0.2, 0.25) is 11.8 Å². The summed E-state index contributed by atoms with van der Waals surface area (Å²) in [4.78, 5) is 37.8. The summed E-state index contributed by atoms with van der Waals surface area (Å²) < 4.78 is 5.02. The lowest BCUT2D eigenvalue weighted by molar-refractivity contribution is -0.135. The van der Waals surface area contributed by atoms with Crippen LogP contribution in [-0.4, -0.2) is 24.4 Å². The van der Waals surface area contributed by atoms with Gasteiger partial charge in [0.1, 0.15) is 5.41 Å². The maximum absolute atomic E-state index is 12.8. The van der Waals surface area contributed by atoms with E-state index >= 15 is 0 Å². The maximum Gasteiger partial charge on any atom is 0.340 e. The topological polar surface area (TPSA) is 84.5 Å². The van der Waals surface area contributed by atoms with Gasteiger partial charge in [-0.3, -0.25) is 9.59 Å². The summed E-state index contributed by atoms with van der Waals surface area (Å²) in [6.45, 7) is 8.80. The van der Waals surface area contributed by atoms with E-state index in [0.717, 1.165) is 11.1 Å². The minimum absolute atomic E-state index is 0.227. The Kier molecular flexibility index (Phi) is 6.57. The Hall–Kier alpha value is -3.15. The minimum Gasteiger partial charge on any atom is -0.462 e. The molecule has 2 N–H and O–H groups in total. The van der Waals surface area contributed by atoms with Crippen LogP contribution < -0.4 is 10.6 Å². The molecule has 2 aromatic rings. The molecule has 0 aliphatic heterocycles. The van der Waals surface area contributed by atoms with Crippen LogP contribution in [0.5, 0.6) is 0 Å². The van der Waals surface area contributed by atoms with Crippen LogP contribution in [0.1, 0.15) is 42.3 Å². The molecule has 6 nitrogen and oxygen atoms in total. The van der Waals surface area contributed by atoms with E-state index < -0.39 is 23.2 Å². The largest absolute Gasteiger partial charge is 0.462 e. The van der Waals surface area contributed by atoms with E-state index in [2.05, 4.69) is 10.6 Å². The molecule has 0 atom stereocenters. The normalized spacial score (nSPS) is 10.9. The summed E-state index contributed by atoms with van der Waals surface area (Å²) >= 11 is 0. The molecule has 0 radical (unpaired) electrons. The summed E-state index contributed by atoms with van der Waals surface area (Å²) in [6.07, 6.45) is 0. The monoisotopic (exact) mass is 382 g/mol. The second-order valence-electron chi connectivity index (χ2n) is 7.07. The highest BCUT2D eigenvalue weighted by molar-refractivity contribution is 6.15. The number of benzene rings is 2. The van der Waals surface area contributed by atoms with E-state index in [0.29, 0.717) is 11.4 Å². The number of hydrogen-bond acceptors (Lipinski definition) is 4. The second-order valence-corrected chi connectivity index (χ2v) is 7.07. The van der Waals surface area contributed by atoms with Crippen molar-refractivity contribution in [3.63, 3.8) is 0 Å². The third kappa shape index (κ3) is 4.57. The van der Waals surface area contributed by atoms with Crippen LogP contribution in [0.2, 0.25) is 0 Å². The first kappa shape index (κ1) is 21.2. The van der Waals surface area contributed by atoms with Crippen molar-refractivity contribution in [2.45, 2.75) is 34.6 Å². The average Bonchev–Trinajstić information content (AvgIpc) is 2.65. The standard InChI is InChI=1S/C22H26N2O4/c1-6-28-19(25)16-12-7-8-13-17(16)23-20(26)22(4,5)21(27)24-18-14(2)10-9-11-15(18)3/h7-13H,6H2,1-5H3,(H,23,26)(H,24,27). The van der Waals surface area contributed by atoms with E-state index in [1.165, 1.54) is 13.8 Å². The molecule has 0 aliphatic rings. The van der Waals surface area contributed by atoms with Gasteiger partial charge in [-0.1, -0.05) is 30.3 Å². The minimum atomic E-state index is -1.36. The van der Waals surface area contributed by atoms with Gasteiger partial charge < -0.3 is 15.4 Å². The van der Waals surface area contributed by atoms with Gasteiger partial charge in [0.25, 0.3) is 0 Å². The second kappa shape index (κ2) is 8.69. The number of anilines is 2. The summed E-state index contributed by atoms with van der Waals surface area (Å²) in [7, 11) is 0. The Morgan fingerprint density at radius 1 is 0.893 bits per heavy atom. The number of rotatable bonds is 6. The van der Waals surface area contributed by atoms with Crippen LogP contribution in [0.25, 0.3) is 0 Å². The van der Waals surface area contributed by atoms with Gasteiger partial charge in [-0.2, -0.15) is 0 Å². The van der Waals surface area contributed by atoms with E-state index in [1.807, 2.05) is 32.0 Å². The van der Waals surface area contributed by atoms with E-state index in [9.17, 15) is 14.4 Å². The molecule has 0 heterocycles. The van der Waals surface area contributed by atoms with Crippen molar-refractivity contribution in [1.82, 2.24) is 0 Å². The fraction of sp³-hybridized carbons (Fsp3) is 0.318. The highest BCUT2D eigenvalue weighted by Crippen LogP contribution is 2.26. The van der Waals surface area contributed by atoms with Gasteiger partial charge in [-0.25, -0.2) is 4.79 Å². The van der Waals surface area contributed by atoms with Crippen LogP contribution in [0.3, 0.4) is 0 Å². The van der Waals surface area contributed by atoms with Crippen LogP contribution in [0.4, 0.5) is 11.4 Å². The molecule has 0 aliphatic carbocycles. The molecule has 0 saturated carbocycles. The van der Waals surface area contributed by atoms with Crippen LogP contribution in [-0.2, 0) is 14.3 Å². The molecule has 0 unspecified atom stereocenters. The van der Waals surface area contributed by atoms with Crippen molar-refractivity contribution in [2.75, 3.05) is 17.2 Å². The van der Waals surface area contributed by atoms with E-state index in [4.69, 9.17) is 4.74 Å². The summed E-state index contributed by atoms with van der Waals surface area (Å²) in [5.74, 6) is -1.49. The number of ether oxygens (including phenoxy) is 1. The Labute approximate surface area is 165 Å². The Morgan fingerprint density at radius 2 is 1.46 bits per heavy atom. The lowest BCUT2D eigenvalue weighted by Crippen LogP contribution is -2.42. The Balaban J connectivity index is 2.21. The van der Waals surface area contributed by atoms with Crippen molar-refractivity contribution in [1.29, 1.82) is 0 Å². The molecule has 0 saturated heterocycles. The smallest absolute Gasteiger partial charge is 0.340 e. The SMILES string of the molecule is CCOC(=O)c1ccccc1NC(=O)C(C)(C)C(=O)Nc1c(C)cccc1C. The molecule has 2 rings (SSSR count). The first-order chi connectivity index (χ1) is 13.2. The van der Waals surface area contributed by atoms with E-state index in [-0.39, 0.29) is 12.2 Å². The fourth-order valence-electron chi connectivity index (χ4n) is 2.64. The lowest BCUT2D eigenvalue weighted by Gasteiger charge is -2.24. The molecule has 28 heavy (non-hydrogen) atoms. The van der Waals surface area contributed by atoms with Crippen molar-refractivity contribution < 1.29 is 19.1 Å². The first-order valence-electron chi connectivity index (χ1n) is 9.13. The Bertz CT molecular complexity index is 883. The van der Waals surface area contributed by atoms with Crippen LogP contribution in [0, 0.1) is 19.3 Å². The number of para-hydroxylation sites is 2. The van der Waals surface area contributed by atoms with Gasteiger partial charge in [0.05, 0.1) is 17.9 Å². The highest BCUT2D eigenvalue weighted by Gasteiger charge is 2.37. The number of carbonyl (C=O) groups excluding carboxylic acids is 3. The van der Waals surface area contributed by atoms with Crippen LogP contribution in [0.15, 0.2) is 42.5 Å². The number of hydrogen-bond donors (Lipinski definition) is 2. The predicted molar refractivity (Wildman–Crippen MR) is 109 cm³/mol. The summed E-state index contributed by atoms with van der Waals surface area (Å²) in [5, 5.41) is 5.54. The number of aryl methyl sites for hydroxylation is 2. The molecule has 0 spiro atoms. The van der Waals surface area contributed by atoms with Crippen molar-refractivity contribution in [3.05, 3.63) is 59.2 Å². The van der Waals surface area contributed by atoms with Gasteiger partial charge in [-0.15, -0.1) is 0 Å². The molecule has 2 aromatic carbocycles. The molecular weight excluding hydrogens is 356 g/mol. The molecular formula is C22H26N2O4. The lowest BCUT2D eigenvalue weighted by atomic mass is 9.90. The fourth-order valence-corrected chi connectivity index (χ4v) is 2.64. The van der Waals surface area contributed by atoms with Gasteiger partial charge in [0.15, 0.2) is 0 Å². The van der Waals surface area contributed by atoms with Gasteiger partial charge in [0, 0.05) is 5.69 Å². The highest BCUT2D eigenvalue weighted by atomic mass is 16.5.